The van der Waals surface area contributed by atoms with E-state index in [0.717, 1.165) is 74.0 Å². The molecule has 6 nitrogen and oxygen atoms in total. The molecule has 0 radical (unpaired) electrons. The van der Waals surface area contributed by atoms with Crippen molar-refractivity contribution in [2.75, 3.05) is 14.1 Å². The van der Waals surface area contributed by atoms with Crippen LogP contribution in [0.15, 0.2) is 12.4 Å². The summed E-state index contributed by atoms with van der Waals surface area (Å²) in [5, 5.41) is 0. The monoisotopic (exact) mass is 462 g/mol. The van der Waals surface area contributed by atoms with Crippen molar-refractivity contribution in [3.05, 3.63) is 23.8 Å². The van der Waals surface area contributed by atoms with Crippen molar-refractivity contribution in [3.8, 4) is 0 Å². The van der Waals surface area contributed by atoms with E-state index in [9.17, 15) is 9.59 Å². The van der Waals surface area contributed by atoms with Gasteiger partial charge in [0.25, 0.3) is 11.8 Å². The minimum absolute atomic E-state index is 0.0243. The van der Waals surface area contributed by atoms with Crippen LogP contribution in [0.5, 0.6) is 0 Å². The Hall–Kier alpha value is -1.98. The van der Waals surface area contributed by atoms with Gasteiger partial charge in [-0.25, -0.2) is 4.98 Å². The predicted molar refractivity (Wildman–Crippen MR) is 128 cm³/mol. The average molecular weight is 463 g/mol. The lowest BCUT2D eigenvalue weighted by molar-refractivity contribution is -0.0667. The van der Waals surface area contributed by atoms with E-state index in [1.54, 1.807) is 12.4 Å². The number of hydrogen-bond donors (Lipinski definition) is 0. The van der Waals surface area contributed by atoms with E-state index in [2.05, 4.69) is 9.97 Å². The van der Waals surface area contributed by atoms with Gasteiger partial charge in [0, 0.05) is 25.2 Å². The summed E-state index contributed by atoms with van der Waals surface area (Å²) in [6.07, 6.45) is 18.0. The van der Waals surface area contributed by atoms with E-state index in [1.807, 2.05) is 23.9 Å². The van der Waals surface area contributed by atoms with Crippen molar-refractivity contribution in [1.82, 2.24) is 19.8 Å². The molecule has 8 fully saturated rings. The summed E-state index contributed by atoms with van der Waals surface area (Å²) in [6.45, 7) is 0. The molecular weight excluding hydrogens is 424 g/mol. The predicted octanol–water partition coefficient (Wildman–Crippen LogP) is 4.56. The second kappa shape index (κ2) is 7.27. The second-order valence-electron chi connectivity index (χ2n) is 13.3. The van der Waals surface area contributed by atoms with Gasteiger partial charge in [-0.2, -0.15) is 0 Å². The number of carbonyl (C=O) groups is 2. The van der Waals surface area contributed by atoms with Crippen molar-refractivity contribution in [2.24, 2.45) is 35.5 Å². The molecule has 0 aromatic carbocycles. The van der Waals surface area contributed by atoms with Gasteiger partial charge in [0.2, 0.25) is 0 Å². The topological polar surface area (TPSA) is 66.4 Å². The third-order valence-corrected chi connectivity index (χ3v) is 11.1. The van der Waals surface area contributed by atoms with Crippen LogP contribution in [0.2, 0.25) is 0 Å². The lowest BCUT2D eigenvalue weighted by Crippen LogP contribution is -2.60. The standard InChI is InChI=1S/C28H38N4O2/c1-31(27-9-17-3-18(10-27)5-19(4-17)11-27)25(33)23-15-29-16-24(30-23)26(34)32(2)28-12-20-6-21(13-28)8-22(7-20)14-28/h15-22H,3-14H2,1-2H3. The van der Waals surface area contributed by atoms with Gasteiger partial charge in [0.05, 0.1) is 12.4 Å². The third-order valence-electron chi connectivity index (χ3n) is 11.1. The molecular formula is C28H38N4O2. The van der Waals surface area contributed by atoms with Gasteiger partial charge in [-0.15, -0.1) is 0 Å². The second-order valence-corrected chi connectivity index (χ2v) is 13.3. The number of hydrogen-bond acceptors (Lipinski definition) is 4. The van der Waals surface area contributed by atoms with Crippen LogP contribution in [0.3, 0.4) is 0 Å². The zero-order valence-corrected chi connectivity index (χ0v) is 20.7. The zero-order valence-electron chi connectivity index (χ0n) is 20.7. The van der Waals surface area contributed by atoms with Gasteiger partial charge in [-0.3, -0.25) is 14.6 Å². The minimum atomic E-state index is -0.0680. The number of nitrogens with zero attached hydrogens (tertiary/aromatic N) is 4. The fourth-order valence-corrected chi connectivity index (χ4v) is 10.3. The molecule has 8 bridgehead atoms. The first kappa shape index (κ1) is 21.3. The Labute approximate surface area is 202 Å². The van der Waals surface area contributed by atoms with Crippen LogP contribution in [0.4, 0.5) is 0 Å². The maximum atomic E-state index is 13.6. The SMILES string of the molecule is CN(C(=O)c1cncc(C(=O)N(C)C23CC4CC(CC(C4)C2)C3)n1)C12CC3CC(CC(C3)C1)C2. The molecule has 0 saturated heterocycles. The van der Waals surface area contributed by atoms with Gasteiger partial charge in [-0.1, -0.05) is 0 Å². The Balaban J connectivity index is 1.12. The molecule has 0 unspecified atom stereocenters. The highest BCUT2D eigenvalue weighted by Crippen LogP contribution is 2.58. The Morgan fingerprint density at radius 1 is 0.647 bits per heavy atom. The smallest absolute Gasteiger partial charge is 0.274 e. The Bertz CT molecular complexity index is 887. The van der Waals surface area contributed by atoms with Crippen molar-refractivity contribution in [2.45, 2.75) is 88.1 Å². The van der Waals surface area contributed by atoms with Gasteiger partial charge in [0.1, 0.15) is 11.4 Å². The van der Waals surface area contributed by atoms with Crippen LogP contribution in [-0.2, 0) is 0 Å². The number of carbonyl (C=O) groups excluding carboxylic acids is 2. The quantitative estimate of drug-likeness (QED) is 0.658. The summed E-state index contributed by atoms with van der Waals surface area (Å²) in [5.41, 5.74) is 0.596. The van der Waals surface area contributed by atoms with Gasteiger partial charge < -0.3 is 9.80 Å². The van der Waals surface area contributed by atoms with Gasteiger partial charge in [0.15, 0.2) is 0 Å². The van der Waals surface area contributed by atoms with Crippen LogP contribution in [-0.4, -0.2) is 56.8 Å². The highest BCUT2D eigenvalue weighted by molar-refractivity contribution is 5.96. The Morgan fingerprint density at radius 3 is 1.24 bits per heavy atom. The fourth-order valence-electron chi connectivity index (χ4n) is 10.3. The Morgan fingerprint density at radius 2 is 0.941 bits per heavy atom. The van der Waals surface area contributed by atoms with Crippen LogP contribution in [0.25, 0.3) is 0 Å². The van der Waals surface area contributed by atoms with Crippen molar-refractivity contribution in [3.63, 3.8) is 0 Å². The maximum absolute atomic E-state index is 13.6. The molecule has 1 aromatic heterocycles. The molecule has 0 spiro atoms. The Kier molecular flexibility index (Phi) is 4.56. The first-order valence-electron chi connectivity index (χ1n) is 13.7. The van der Waals surface area contributed by atoms with E-state index in [-0.39, 0.29) is 22.9 Å². The van der Waals surface area contributed by atoms with Crippen molar-refractivity contribution >= 4 is 11.8 Å². The summed E-state index contributed by atoms with van der Waals surface area (Å²) >= 11 is 0. The van der Waals surface area contributed by atoms with E-state index in [4.69, 9.17) is 0 Å². The molecule has 8 aliphatic rings. The van der Waals surface area contributed by atoms with Gasteiger partial charge >= 0.3 is 0 Å². The van der Waals surface area contributed by atoms with E-state index in [1.165, 1.54) is 38.5 Å². The minimum Gasteiger partial charge on any atom is -0.335 e. The molecule has 182 valence electrons. The number of aromatic nitrogens is 2. The molecule has 34 heavy (non-hydrogen) atoms. The first-order valence-corrected chi connectivity index (χ1v) is 13.7. The fraction of sp³-hybridized carbons (Fsp3) is 0.786. The molecule has 0 N–H and O–H groups in total. The van der Waals surface area contributed by atoms with Crippen LogP contribution in [0.1, 0.15) is 98.0 Å². The molecule has 9 rings (SSSR count). The lowest BCUT2D eigenvalue weighted by Gasteiger charge is -2.59. The molecule has 8 aliphatic carbocycles. The molecule has 0 aliphatic heterocycles. The summed E-state index contributed by atoms with van der Waals surface area (Å²) in [7, 11) is 3.93. The third kappa shape index (κ3) is 3.12. The first-order chi connectivity index (χ1) is 16.3. The highest BCUT2D eigenvalue weighted by atomic mass is 16.2. The van der Waals surface area contributed by atoms with E-state index >= 15 is 0 Å². The molecule has 1 aromatic rings. The van der Waals surface area contributed by atoms with Gasteiger partial charge in [-0.05, 0) is 113 Å². The lowest BCUT2D eigenvalue weighted by atomic mass is 9.52. The van der Waals surface area contributed by atoms with Crippen molar-refractivity contribution < 1.29 is 9.59 Å². The molecule has 2 amide bonds. The molecule has 1 heterocycles. The zero-order chi connectivity index (χ0) is 23.2. The average Bonchev–Trinajstić information content (AvgIpc) is 2.80. The van der Waals surface area contributed by atoms with Crippen LogP contribution >= 0.6 is 0 Å². The number of amides is 2. The normalized spacial score (nSPS) is 43.2. The summed E-state index contributed by atoms with van der Waals surface area (Å²) < 4.78 is 0. The maximum Gasteiger partial charge on any atom is 0.274 e. The number of rotatable bonds is 4. The largest absolute Gasteiger partial charge is 0.335 e. The molecule has 0 atom stereocenters. The molecule has 8 saturated carbocycles. The van der Waals surface area contributed by atoms with Crippen LogP contribution in [0, 0.1) is 35.5 Å². The van der Waals surface area contributed by atoms with E-state index < -0.39 is 0 Å². The summed E-state index contributed by atoms with van der Waals surface area (Å²) in [4.78, 5) is 40.2. The summed E-state index contributed by atoms with van der Waals surface area (Å²) in [6, 6.07) is 0. The summed E-state index contributed by atoms with van der Waals surface area (Å²) in [5.74, 6) is 4.50. The van der Waals surface area contributed by atoms with Crippen molar-refractivity contribution in [1.29, 1.82) is 0 Å². The van der Waals surface area contributed by atoms with Crippen LogP contribution < -0.4 is 0 Å². The highest BCUT2D eigenvalue weighted by Gasteiger charge is 2.55. The van der Waals surface area contributed by atoms with E-state index in [0.29, 0.717) is 11.4 Å². The molecule has 6 heteroatoms.